The Labute approximate surface area is 282 Å². The van der Waals surface area contributed by atoms with E-state index in [1.807, 2.05) is 43.5 Å². The number of aromatic amines is 2. The normalized spacial score (nSPS) is 17.4. The number of methoxy groups -OCH3 is 2. The van der Waals surface area contributed by atoms with Gasteiger partial charge >= 0.3 is 6.09 Å². The summed E-state index contributed by atoms with van der Waals surface area (Å²) in [6.07, 6.45) is 1.80. The second-order valence-corrected chi connectivity index (χ2v) is 12.7. The van der Waals surface area contributed by atoms with Gasteiger partial charge in [0.05, 0.1) is 42.7 Å². The molecule has 0 radical (unpaired) electrons. The number of hydrogen-bond acceptors (Lipinski definition) is 7. The minimum absolute atomic E-state index is 0.104. The molecule has 4 aromatic carbocycles. The molecule has 11 nitrogen and oxygen atoms in total. The van der Waals surface area contributed by atoms with Gasteiger partial charge in [-0.1, -0.05) is 48.5 Å². The van der Waals surface area contributed by atoms with Gasteiger partial charge in [0.2, 0.25) is 0 Å². The van der Waals surface area contributed by atoms with Crippen molar-refractivity contribution in [3.05, 3.63) is 102 Å². The molecule has 11 heteroatoms. The Morgan fingerprint density at radius 2 is 1.90 bits per heavy atom. The maximum absolute atomic E-state index is 14.2. The van der Waals surface area contributed by atoms with Crippen LogP contribution in [0.1, 0.15) is 41.3 Å². The van der Waals surface area contributed by atoms with Gasteiger partial charge in [-0.3, -0.25) is 4.79 Å². The molecule has 8 rings (SSSR count). The van der Waals surface area contributed by atoms with Crippen molar-refractivity contribution in [2.75, 3.05) is 27.4 Å². The van der Waals surface area contributed by atoms with Gasteiger partial charge in [0.15, 0.2) is 0 Å². The van der Waals surface area contributed by atoms with Crippen molar-refractivity contribution >= 4 is 33.8 Å². The molecule has 0 saturated carbocycles. The molecule has 1 fully saturated rings. The third kappa shape index (κ3) is 5.55. The average molecular weight is 657 g/mol. The summed E-state index contributed by atoms with van der Waals surface area (Å²) in [6.45, 7) is 3.37. The molecular formula is C38H36N6O5. The monoisotopic (exact) mass is 656 g/mol. The highest BCUT2D eigenvalue weighted by Crippen LogP contribution is 2.43. The Morgan fingerprint density at radius 3 is 2.71 bits per heavy atom. The molecule has 3 atom stereocenters. The molecule has 4 heterocycles. The lowest BCUT2D eigenvalue weighted by Gasteiger charge is -2.28. The molecule has 2 unspecified atom stereocenters. The van der Waals surface area contributed by atoms with E-state index in [1.54, 1.807) is 12.0 Å². The van der Waals surface area contributed by atoms with Crippen LogP contribution in [0.4, 0.5) is 4.79 Å². The molecule has 49 heavy (non-hydrogen) atoms. The first kappa shape index (κ1) is 30.6. The number of carbonyl (C=O) groups is 2. The lowest BCUT2D eigenvalue weighted by molar-refractivity contribution is -0.134. The Bertz CT molecular complexity index is 2210. The maximum Gasteiger partial charge on any atom is 0.407 e. The molecule has 0 aliphatic carbocycles. The molecule has 6 aromatic rings. The molecular weight excluding hydrogens is 620 g/mol. The largest absolute Gasteiger partial charge is 0.488 e. The van der Waals surface area contributed by atoms with Crippen molar-refractivity contribution in [3.63, 3.8) is 0 Å². The summed E-state index contributed by atoms with van der Waals surface area (Å²) in [5, 5.41) is 4.90. The lowest BCUT2D eigenvalue weighted by Crippen LogP contribution is -2.43. The fraction of sp³-hybridized carbons (Fsp3) is 0.263. The number of amides is 2. The second kappa shape index (κ2) is 12.4. The number of imidazole rings is 2. The van der Waals surface area contributed by atoms with Gasteiger partial charge in [0.25, 0.3) is 5.91 Å². The van der Waals surface area contributed by atoms with Gasteiger partial charge in [0.1, 0.15) is 30.0 Å². The number of hydrogen-bond donors (Lipinski definition) is 3. The van der Waals surface area contributed by atoms with E-state index in [2.05, 4.69) is 57.7 Å². The first-order valence-corrected chi connectivity index (χ1v) is 16.3. The van der Waals surface area contributed by atoms with E-state index in [9.17, 15) is 9.59 Å². The number of ether oxygens (including phenoxy) is 3. The van der Waals surface area contributed by atoms with Crippen LogP contribution in [-0.2, 0) is 20.9 Å². The van der Waals surface area contributed by atoms with E-state index in [-0.39, 0.29) is 17.9 Å². The van der Waals surface area contributed by atoms with Crippen LogP contribution >= 0.6 is 0 Å². The van der Waals surface area contributed by atoms with Crippen molar-refractivity contribution in [1.29, 1.82) is 0 Å². The standard InChI is InChI=1S/C38H36N6O5/c1-21-40-30-12-10-24-15-29-27-11-9-25(14-26(27)20-49-33(29)16-28(24)35(30)41-21)31-17-39-36(42-31)32-13-22(19-47-2)18-44(32)37(45)34(43-38(46)48-3)23-7-5-4-6-8-23/h4-12,14-17,22,32,34H,13,18-20H2,1-3H3,(H,39,42)(H,40,41)(H,43,46)/t22?,32?,34-/m1/s1. The Morgan fingerprint density at radius 1 is 1.04 bits per heavy atom. The van der Waals surface area contributed by atoms with Crippen LogP contribution in [0.5, 0.6) is 5.75 Å². The van der Waals surface area contributed by atoms with Crippen molar-refractivity contribution in [1.82, 2.24) is 30.2 Å². The van der Waals surface area contributed by atoms with E-state index < -0.39 is 12.1 Å². The van der Waals surface area contributed by atoms with Gasteiger partial charge in [-0.05, 0) is 65.3 Å². The number of nitrogens with one attached hydrogen (secondary N) is 3. The van der Waals surface area contributed by atoms with Crippen LogP contribution in [0.15, 0.2) is 79.0 Å². The van der Waals surface area contributed by atoms with E-state index in [1.165, 1.54) is 7.11 Å². The quantitative estimate of drug-likeness (QED) is 0.176. The Kier molecular flexibility index (Phi) is 7.76. The summed E-state index contributed by atoms with van der Waals surface area (Å²) in [7, 11) is 2.95. The molecule has 2 amide bonds. The first-order valence-electron chi connectivity index (χ1n) is 16.3. The second-order valence-electron chi connectivity index (χ2n) is 12.7. The highest BCUT2D eigenvalue weighted by molar-refractivity contribution is 6.07. The molecule has 1 saturated heterocycles. The topological polar surface area (TPSA) is 134 Å². The third-order valence-electron chi connectivity index (χ3n) is 9.59. The van der Waals surface area contributed by atoms with Crippen molar-refractivity contribution in [3.8, 4) is 28.1 Å². The van der Waals surface area contributed by atoms with E-state index in [4.69, 9.17) is 24.2 Å². The predicted octanol–water partition coefficient (Wildman–Crippen LogP) is 6.61. The zero-order valence-corrected chi connectivity index (χ0v) is 27.4. The van der Waals surface area contributed by atoms with Crippen molar-refractivity contribution in [2.24, 2.45) is 5.92 Å². The first-order chi connectivity index (χ1) is 23.9. The molecule has 2 aromatic heterocycles. The van der Waals surface area contributed by atoms with Gasteiger partial charge in [0, 0.05) is 30.5 Å². The zero-order chi connectivity index (χ0) is 33.6. The Balaban J connectivity index is 1.09. The van der Waals surface area contributed by atoms with Crippen LogP contribution in [0.25, 0.3) is 44.2 Å². The number of carbonyl (C=O) groups excluding carboxylic acids is 2. The number of fused-ring (bicyclic) bond motifs is 6. The number of rotatable bonds is 7. The molecule has 248 valence electrons. The number of likely N-dealkylation sites (tertiary alicyclic amines) is 1. The number of alkyl carbamates (subject to hydrolysis) is 1. The molecule has 0 spiro atoms. The number of nitrogens with zero attached hydrogens (tertiary/aromatic N) is 3. The minimum atomic E-state index is -0.915. The van der Waals surface area contributed by atoms with Gasteiger partial charge in [-0.2, -0.15) is 0 Å². The SMILES string of the molecule is COCC1CC(c2ncc(-c3ccc4c(c3)COc3cc5c(ccc6[nH]c(C)nc65)cc3-4)[nH]2)N(C(=O)[C@H](NC(=O)OC)c2ccccc2)C1. The number of aryl methyl sites for hydroxylation is 1. The van der Waals surface area contributed by atoms with Crippen LogP contribution in [0.2, 0.25) is 0 Å². The molecule has 3 N–H and O–H groups in total. The van der Waals surface area contributed by atoms with Gasteiger partial charge in [-0.25, -0.2) is 14.8 Å². The van der Waals surface area contributed by atoms with Crippen molar-refractivity contribution in [2.45, 2.75) is 32.0 Å². The molecule has 0 bridgehead atoms. The summed E-state index contributed by atoms with van der Waals surface area (Å²) < 4.78 is 16.6. The zero-order valence-electron chi connectivity index (χ0n) is 27.4. The number of benzene rings is 4. The smallest absolute Gasteiger partial charge is 0.407 e. The van der Waals surface area contributed by atoms with Gasteiger partial charge < -0.3 is 34.4 Å². The predicted molar refractivity (Wildman–Crippen MR) is 185 cm³/mol. The van der Waals surface area contributed by atoms with E-state index in [0.717, 1.165) is 61.3 Å². The fourth-order valence-electron chi connectivity index (χ4n) is 7.29. The summed E-state index contributed by atoms with van der Waals surface area (Å²) in [4.78, 5) is 44.6. The van der Waals surface area contributed by atoms with Crippen LogP contribution in [0, 0.1) is 12.8 Å². The summed E-state index contributed by atoms with van der Waals surface area (Å²) in [5.74, 6) is 2.27. The minimum Gasteiger partial charge on any atom is -0.488 e. The Hall–Kier alpha value is -5.68. The van der Waals surface area contributed by atoms with Crippen LogP contribution in [0.3, 0.4) is 0 Å². The third-order valence-corrected chi connectivity index (χ3v) is 9.59. The molecule has 2 aliphatic heterocycles. The number of H-pyrrole nitrogens is 2. The van der Waals surface area contributed by atoms with E-state index >= 15 is 0 Å². The highest BCUT2D eigenvalue weighted by atomic mass is 16.5. The van der Waals surface area contributed by atoms with Crippen LogP contribution in [-0.4, -0.2) is 64.2 Å². The maximum atomic E-state index is 14.2. The van der Waals surface area contributed by atoms with Crippen LogP contribution < -0.4 is 10.1 Å². The van der Waals surface area contributed by atoms with E-state index in [0.29, 0.717) is 37.6 Å². The summed E-state index contributed by atoms with van der Waals surface area (Å²) >= 11 is 0. The molecule has 2 aliphatic rings. The van der Waals surface area contributed by atoms with Crippen molar-refractivity contribution < 1.29 is 23.8 Å². The summed E-state index contributed by atoms with van der Waals surface area (Å²) in [6, 6.07) is 22.8. The fourth-order valence-corrected chi connectivity index (χ4v) is 7.29. The number of aromatic nitrogens is 4. The summed E-state index contributed by atoms with van der Waals surface area (Å²) in [5.41, 5.74) is 7.70. The lowest BCUT2D eigenvalue weighted by atomic mass is 9.92. The highest BCUT2D eigenvalue weighted by Gasteiger charge is 2.41. The average Bonchev–Trinajstić information content (AvgIpc) is 3.88. The van der Waals surface area contributed by atoms with Gasteiger partial charge in [-0.15, -0.1) is 0 Å².